The molecular weight excluding hydrogens is 154 g/mol. The van der Waals surface area contributed by atoms with Gasteiger partial charge in [0, 0.05) is 6.61 Å². The molecule has 1 heterocycles. The van der Waals surface area contributed by atoms with Gasteiger partial charge in [0.25, 0.3) is 0 Å². The molecule has 0 amide bonds. The third-order valence-corrected chi connectivity index (χ3v) is 5.07. The summed E-state index contributed by atoms with van der Waals surface area (Å²) in [4.78, 5) is 0. The van der Waals surface area contributed by atoms with Crippen molar-refractivity contribution in [2.45, 2.75) is 37.8 Å². The number of hydrogen-bond donors (Lipinski definition) is 1. The first-order valence-electron chi connectivity index (χ1n) is 4.75. The smallest absolute Gasteiger partial charge is 0.176 e. The van der Waals surface area contributed by atoms with Gasteiger partial charge in [0.05, 0.1) is 0 Å². The van der Waals surface area contributed by atoms with E-state index in [4.69, 9.17) is 10.2 Å². The summed E-state index contributed by atoms with van der Waals surface area (Å²) in [6.45, 7) is 1.89. The lowest BCUT2D eigenvalue weighted by molar-refractivity contribution is 0.286. The van der Waals surface area contributed by atoms with Gasteiger partial charge in [-0.15, -0.1) is 0 Å². The SMILES string of the molecule is NCCCC[SiH]1CCCCO1. The second-order valence-electron chi connectivity index (χ2n) is 3.27. The fourth-order valence-electron chi connectivity index (χ4n) is 1.55. The minimum absolute atomic E-state index is 0.713. The van der Waals surface area contributed by atoms with Gasteiger partial charge in [-0.3, -0.25) is 0 Å². The summed E-state index contributed by atoms with van der Waals surface area (Å²) in [6, 6.07) is 2.77. The van der Waals surface area contributed by atoms with Gasteiger partial charge in [-0.05, 0) is 31.5 Å². The molecule has 0 aromatic heterocycles. The van der Waals surface area contributed by atoms with E-state index in [0.717, 1.165) is 13.2 Å². The highest BCUT2D eigenvalue weighted by atomic mass is 28.3. The van der Waals surface area contributed by atoms with Crippen molar-refractivity contribution in [3.05, 3.63) is 0 Å². The molecule has 66 valence electrons. The maximum atomic E-state index is 5.72. The highest BCUT2D eigenvalue weighted by Gasteiger charge is 2.14. The van der Waals surface area contributed by atoms with E-state index in [0.29, 0.717) is 0 Å². The Labute approximate surface area is 70.8 Å². The summed E-state index contributed by atoms with van der Waals surface area (Å²) in [5.41, 5.74) is 5.42. The van der Waals surface area contributed by atoms with Gasteiger partial charge < -0.3 is 10.2 Å². The predicted molar refractivity (Wildman–Crippen MR) is 50.2 cm³/mol. The summed E-state index contributed by atoms with van der Waals surface area (Å²) in [5.74, 6) is 0. The minimum atomic E-state index is -0.713. The van der Waals surface area contributed by atoms with E-state index in [2.05, 4.69) is 0 Å². The van der Waals surface area contributed by atoms with Crippen LogP contribution in [0.1, 0.15) is 25.7 Å². The normalized spacial score (nSPS) is 25.4. The number of hydrogen-bond acceptors (Lipinski definition) is 2. The second-order valence-corrected chi connectivity index (χ2v) is 6.01. The van der Waals surface area contributed by atoms with Gasteiger partial charge in [-0.25, -0.2) is 0 Å². The molecular formula is C8H19NOSi. The van der Waals surface area contributed by atoms with Gasteiger partial charge in [-0.1, -0.05) is 12.8 Å². The molecule has 0 bridgehead atoms. The first kappa shape index (κ1) is 9.23. The van der Waals surface area contributed by atoms with Crippen LogP contribution in [0.5, 0.6) is 0 Å². The molecule has 0 spiro atoms. The maximum Gasteiger partial charge on any atom is 0.176 e. The fourth-order valence-corrected chi connectivity index (χ4v) is 4.16. The Morgan fingerprint density at radius 1 is 1.27 bits per heavy atom. The van der Waals surface area contributed by atoms with Crippen LogP contribution in [0, 0.1) is 0 Å². The van der Waals surface area contributed by atoms with E-state index < -0.39 is 9.04 Å². The van der Waals surface area contributed by atoms with Crippen LogP contribution in [0.2, 0.25) is 12.1 Å². The van der Waals surface area contributed by atoms with Crippen LogP contribution in [-0.2, 0) is 4.43 Å². The Kier molecular flexibility index (Phi) is 4.82. The van der Waals surface area contributed by atoms with E-state index >= 15 is 0 Å². The van der Waals surface area contributed by atoms with Crippen molar-refractivity contribution in [2.24, 2.45) is 5.73 Å². The highest BCUT2D eigenvalue weighted by Crippen LogP contribution is 2.15. The molecule has 2 N–H and O–H groups in total. The van der Waals surface area contributed by atoms with Crippen molar-refractivity contribution in [1.29, 1.82) is 0 Å². The maximum absolute atomic E-state index is 5.72. The second kappa shape index (κ2) is 5.74. The van der Waals surface area contributed by atoms with Crippen LogP contribution < -0.4 is 5.73 Å². The van der Waals surface area contributed by atoms with Crippen molar-refractivity contribution in [3.8, 4) is 0 Å². The Morgan fingerprint density at radius 2 is 2.18 bits per heavy atom. The summed E-state index contributed by atoms with van der Waals surface area (Å²) in [7, 11) is -0.713. The standard InChI is InChI=1S/C8H19NOSi/c9-5-1-3-7-11-8-4-2-6-10-11/h11H,1-9H2. The van der Waals surface area contributed by atoms with Gasteiger partial charge in [0.15, 0.2) is 9.04 Å². The van der Waals surface area contributed by atoms with Crippen molar-refractivity contribution < 1.29 is 4.43 Å². The van der Waals surface area contributed by atoms with E-state index in [1.165, 1.54) is 37.8 Å². The van der Waals surface area contributed by atoms with E-state index in [-0.39, 0.29) is 0 Å². The first-order valence-corrected chi connectivity index (χ1v) is 6.85. The van der Waals surface area contributed by atoms with Crippen molar-refractivity contribution in [1.82, 2.24) is 0 Å². The topological polar surface area (TPSA) is 35.2 Å². The average molecular weight is 173 g/mol. The molecule has 0 aromatic rings. The summed E-state index contributed by atoms with van der Waals surface area (Å²) >= 11 is 0. The molecule has 3 heteroatoms. The molecule has 1 saturated heterocycles. The van der Waals surface area contributed by atoms with E-state index in [1.54, 1.807) is 0 Å². The van der Waals surface area contributed by atoms with Gasteiger partial charge in [0.1, 0.15) is 0 Å². The summed E-state index contributed by atoms with van der Waals surface area (Å²) in [6.07, 6.45) is 5.19. The fraction of sp³-hybridized carbons (Fsp3) is 1.00. The molecule has 0 radical (unpaired) electrons. The molecule has 1 fully saturated rings. The molecule has 0 aliphatic carbocycles. The lowest BCUT2D eigenvalue weighted by Gasteiger charge is -2.20. The number of nitrogens with two attached hydrogens (primary N) is 1. The van der Waals surface area contributed by atoms with Crippen molar-refractivity contribution >= 4 is 9.04 Å². The molecule has 1 rings (SSSR count). The Bertz CT molecular complexity index is 94.1. The summed E-state index contributed by atoms with van der Waals surface area (Å²) in [5, 5.41) is 0. The molecule has 1 unspecified atom stereocenters. The monoisotopic (exact) mass is 173 g/mol. The largest absolute Gasteiger partial charge is 0.420 e. The predicted octanol–water partition coefficient (Wildman–Crippen LogP) is 1.26. The van der Waals surface area contributed by atoms with Crippen molar-refractivity contribution in [3.63, 3.8) is 0 Å². The van der Waals surface area contributed by atoms with Crippen molar-refractivity contribution in [2.75, 3.05) is 13.2 Å². The molecule has 0 saturated carbocycles. The van der Waals surface area contributed by atoms with Crippen LogP contribution in [0.25, 0.3) is 0 Å². The average Bonchev–Trinajstić information content (AvgIpc) is 2.07. The molecule has 0 aromatic carbocycles. The van der Waals surface area contributed by atoms with Crippen LogP contribution >= 0.6 is 0 Å². The molecule has 1 atom stereocenters. The Morgan fingerprint density at radius 3 is 2.82 bits per heavy atom. The van der Waals surface area contributed by atoms with Crippen LogP contribution in [0.15, 0.2) is 0 Å². The highest BCUT2D eigenvalue weighted by molar-refractivity contribution is 6.51. The zero-order chi connectivity index (χ0) is 7.94. The van der Waals surface area contributed by atoms with Gasteiger partial charge in [-0.2, -0.15) is 0 Å². The van der Waals surface area contributed by atoms with E-state index in [9.17, 15) is 0 Å². The molecule has 1 aliphatic rings. The third kappa shape index (κ3) is 3.89. The number of rotatable bonds is 4. The van der Waals surface area contributed by atoms with Crippen LogP contribution in [0.4, 0.5) is 0 Å². The Hall–Kier alpha value is 0.137. The first-order chi connectivity index (χ1) is 5.43. The molecule has 2 nitrogen and oxygen atoms in total. The van der Waals surface area contributed by atoms with E-state index in [1.807, 2.05) is 0 Å². The number of unbranched alkanes of at least 4 members (excludes halogenated alkanes) is 1. The zero-order valence-corrected chi connectivity index (χ0v) is 8.37. The summed E-state index contributed by atoms with van der Waals surface area (Å²) < 4.78 is 5.72. The van der Waals surface area contributed by atoms with Gasteiger partial charge >= 0.3 is 0 Å². The quantitative estimate of drug-likeness (QED) is 0.513. The van der Waals surface area contributed by atoms with Crippen LogP contribution in [-0.4, -0.2) is 22.2 Å². The minimum Gasteiger partial charge on any atom is -0.420 e. The zero-order valence-electron chi connectivity index (χ0n) is 7.22. The lowest BCUT2D eigenvalue weighted by atomic mass is 10.3. The third-order valence-electron chi connectivity index (χ3n) is 2.25. The van der Waals surface area contributed by atoms with Crippen LogP contribution in [0.3, 0.4) is 0 Å². The lowest BCUT2D eigenvalue weighted by Crippen LogP contribution is -2.22. The van der Waals surface area contributed by atoms with Gasteiger partial charge in [0.2, 0.25) is 0 Å². The Balaban J connectivity index is 1.96. The molecule has 1 aliphatic heterocycles. The molecule has 11 heavy (non-hydrogen) atoms.